The van der Waals surface area contributed by atoms with Crippen LogP contribution in [0.25, 0.3) is 0 Å². The van der Waals surface area contributed by atoms with E-state index in [9.17, 15) is 0 Å². The molecule has 16 heavy (non-hydrogen) atoms. The quantitative estimate of drug-likeness (QED) is 0.716. The highest BCUT2D eigenvalue weighted by molar-refractivity contribution is 5.40. The van der Waals surface area contributed by atoms with Gasteiger partial charge in [0.15, 0.2) is 0 Å². The SMILES string of the molecule is CCOCCOc1ccc(OC)cc1CN. The summed E-state index contributed by atoms with van der Waals surface area (Å²) in [7, 11) is 1.63. The van der Waals surface area contributed by atoms with Gasteiger partial charge in [-0.05, 0) is 25.1 Å². The minimum Gasteiger partial charge on any atom is -0.497 e. The molecule has 1 aromatic carbocycles. The van der Waals surface area contributed by atoms with E-state index in [4.69, 9.17) is 19.9 Å². The molecule has 90 valence electrons. The summed E-state index contributed by atoms with van der Waals surface area (Å²) in [6.07, 6.45) is 0. The fraction of sp³-hybridized carbons (Fsp3) is 0.500. The average molecular weight is 225 g/mol. The van der Waals surface area contributed by atoms with Crippen molar-refractivity contribution in [1.82, 2.24) is 0 Å². The zero-order chi connectivity index (χ0) is 11.8. The Kier molecular flexibility index (Phi) is 5.67. The molecule has 0 fully saturated rings. The molecule has 0 bridgehead atoms. The molecule has 0 aliphatic carbocycles. The van der Waals surface area contributed by atoms with Crippen LogP contribution in [-0.2, 0) is 11.3 Å². The first-order valence-electron chi connectivity index (χ1n) is 5.39. The first-order chi connectivity index (χ1) is 7.81. The largest absolute Gasteiger partial charge is 0.497 e. The van der Waals surface area contributed by atoms with E-state index in [-0.39, 0.29) is 0 Å². The summed E-state index contributed by atoms with van der Waals surface area (Å²) < 4.78 is 15.9. The molecule has 0 saturated carbocycles. The number of benzene rings is 1. The molecule has 0 spiro atoms. The maximum absolute atomic E-state index is 5.64. The van der Waals surface area contributed by atoms with E-state index < -0.39 is 0 Å². The lowest BCUT2D eigenvalue weighted by atomic mass is 10.2. The van der Waals surface area contributed by atoms with Crippen molar-refractivity contribution in [1.29, 1.82) is 0 Å². The van der Waals surface area contributed by atoms with Gasteiger partial charge < -0.3 is 19.9 Å². The summed E-state index contributed by atoms with van der Waals surface area (Å²) in [6, 6.07) is 5.61. The molecule has 0 amide bonds. The van der Waals surface area contributed by atoms with Crippen molar-refractivity contribution in [3.05, 3.63) is 23.8 Å². The van der Waals surface area contributed by atoms with E-state index in [1.165, 1.54) is 0 Å². The smallest absolute Gasteiger partial charge is 0.124 e. The number of nitrogens with two attached hydrogens (primary N) is 1. The number of hydrogen-bond acceptors (Lipinski definition) is 4. The number of rotatable bonds is 7. The third-order valence-corrected chi connectivity index (χ3v) is 2.18. The minimum atomic E-state index is 0.432. The molecule has 2 N–H and O–H groups in total. The maximum atomic E-state index is 5.64. The van der Waals surface area contributed by atoms with Crippen molar-refractivity contribution in [2.24, 2.45) is 5.73 Å². The standard InChI is InChI=1S/C12H19NO3/c1-3-15-6-7-16-12-5-4-11(14-2)8-10(12)9-13/h4-5,8H,3,6-7,9,13H2,1-2H3. The van der Waals surface area contributed by atoms with Gasteiger partial charge in [0.1, 0.15) is 18.1 Å². The van der Waals surface area contributed by atoms with Crippen LogP contribution in [0.3, 0.4) is 0 Å². The second-order valence-corrected chi connectivity index (χ2v) is 3.22. The zero-order valence-corrected chi connectivity index (χ0v) is 9.86. The van der Waals surface area contributed by atoms with E-state index in [1.807, 2.05) is 25.1 Å². The van der Waals surface area contributed by atoms with Crippen LogP contribution in [0.1, 0.15) is 12.5 Å². The maximum Gasteiger partial charge on any atom is 0.124 e. The van der Waals surface area contributed by atoms with Crippen LogP contribution in [0.4, 0.5) is 0 Å². The van der Waals surface area contributed by atoms with Gasteiger partial charge in [-0.2, -0.15) is 0 Å². The minimum absolute atomic E-state index is 0.432. The molecule has 0 atom stereocenters. The molecule has 4 heteroatoms. The molecule has 0 saturated heterocycles. The molecular formula is C12H19NO3. The second-order valence-electron chi connectivity index (χ2n) is 3.22. The molecule has 0 radical (unpaired) electrons. The predicted molar refractivity (Wildman–Crippen MR) is 62.9 cm³/mol. The van der Waals surface area contributed by atoms with Gasteiger partial charge in [-0.3, -0.25) is 0 Å². The van der Waals surface area contributed by atoms with Crippen LogP contribution in [0.5, 0.6) is 11.5 Å². The van der Waals surface area contributed by atoms with E-state index >= 15 is 0 Å². The van der Waals surface area contributed by atoms with Crippen molar-refractivity contribution in [3.8, 4) is 11.5 Å². The van der Waals surface area contributed by atoms with Gasteiger partial charge in [-0.1, -0.05) is 0 Å². The topological polar surface area (TPSA) is 53.7 Å². The van der Waals surface area contributed by atoms with Gasteiger partial charge in [-0.25, -0.2) is 0 Å². The van der Waals surface area contributed by atoms with Crippen molar-refractivity contribution in [2.75, 3.05) is 26.9 Å². The highest BCUT2D eigenvalue weighted by Crippen LogP contribution is 2.23. The Balaban J connectivity index is 2.57. The zero-order valence-electron chi connectivity index (χ0n) is 9.86. The van der Waals surface area contributed by atoms with Crippen LogP contribution >= 0.6 is 0 Å². The molecule has 0 aromatic heterocycles. The van der Waals surface area contributed by atoms with Crippen LogP contribution in [0.2, 0.25) is 0 Å². The fourth-order valence-corrected chi connectivity index (χ4v) is 1.34. The van der Waals surface area contributed by atoms with E-state index in [2.05, 4.69) is 0 Å². The monoisotopic (exact) mass is 225 g/mol. The summed E-state index contributed by atoms with van der Waals surface area (Å²) in [6.45, 7) is 4.22. The van der Waals surface area contributed by atoms with Crippen LogP contribution in [0, 0.1) is 0 Å². The van der Waals surface area contributed by atoms with Gasteiger partial charge in [0.2, 0.25) is 0 Å². The second kappa shape index (κ2) is 7.09. The van der Waals surface area contributed by atoms with Gasteiger partial charge in [0.05, 0.1) is 13.7 Å². The van der Waals surface area contributed by atoms with Crippen molar-refractivity contribution in [3.63, 3.8) is 0 Å². The highest BCUT2D eigenvalue weighted by atomic mass is 16.5. The normalized spacial score (nSPS) is 10.2. The van der Waals surface area contributed by atoms with Crippen molar-refractivity contribution < 1.29 is 14.2 Å². The fourth-order valence-electron chi connectivity index (χ4n) is 1.34. The Morgan fingerprint density at radius 2 is 2.06 bits per heavy atom. The van der Waals surface area contributed by atoms with Crippen molar-refractivity contribution in [2.45, 2.75) is 13.5 Å². The van der Waals surface area contributed by atoms with Crippen LogP contribution < -0.4 is 15.2 Å². The number of methoxy groups -OCH3 is 1. The lowest BCUT2D eigenvalue weighted by Crippen LogP contribution is -2.09. The van der Waals surface area contributed by atoms with Gasteiger partial charge >= 0.3 is 0 Å². The third kappa shape index (κ3) is 3.72. The first-order valence-corrected chi connectivity index (χ1v) is 5.39. The molecule has 0 aliphatic rings. The summed E-state index contributed by atoms with van der Waals surface area (Å²) in [5, 5.41) is 0. The summed E-state index contributed by atoms with van der Waals surface area (Å²) in [5.74, 6) is 1.58. The number of hydrogen-bond donors (Lipinski definition) is 1. The molecule has 0 heterocycles. The lowest BCUT2D eigenvalue weighted by Gasteiger charge is -2.11. The summed E-state index contributed by atoms with van der Waals surface area (Å²) in [5.41, 5.74) is 6.58. The highest BCUT2D eigenvalue weighted by Gasteiger charge is 2.03. The van der Waals surface area contributed by atoms with E-state index in [0.717, 1.165) is 17.1 Å². The molecule has 1 rings (SSSR count). The summed E-state index contributed by atoms with van der Waals surface area (Å²) in [4.78, 5) is 0. The average Bonchev–Trinajstić information content (AvgIpc) is 2.34. The molecule has 0 unspecified atom stereocenters. The molecule has 4 nitrogen and oxygen atoms in total. The molecule has 1 aromatic rings. The number of ether oxygens (including phenoxy) is 3. The Bertz CT molecular complexity index is 315. The Morgan fingerprint density at radius 3 is 2.69 bits per heavy atom. The Morgan fingerprint density at radius 1 is 1.25 bits per heavy atom. The summed E-state index contributed by atoms with van der Waals surface area (Å²) >= 11 is 0. The Labute approximate surface area is 96.3 Å². The van der Waals surface area contributed by atoms with Crippen LogP contribution in [-0.4, -0.2) is 26.9 Å². The van der Waals surface area contributed by atoms with Gasteiger partial charge in [-0.15, -0.1) is 0 Å². The first kappa shape index (κ1) is 12.8. The lowest BCUT2D eigenvalue weighted by molar-refractivity contribution is 0.110. The van der Waals surface area contributed by atoms with Crippen LogP contribution in [0.15, 0.2) is 18.2 Å². The predicted octanol–water partition coefficient (Wildman–Crippen LogP) is 1.57. The molecular weight excluding hydrogens is 206 g/mol. The van der Waals surface area contributed by atoms with Crippen molar-refractivity contribution >= 4 is 0 Å². The van der Waals surface area contributed by atoms with E-state index in [0.29, 0.717) is 26.4 Å². The Hall–Kier alpha value is -1.26. The third-order valence-electron chi connectivity index (χ3n) is 2.18. The molecule has 0 aliphatic heterocycles. The van der Waals surface area contributed by atoms with Gasteiger partial charge in [0, 0.05) is 18.7 Å². The van der Waals surface area contributed by atoms with Gasteiger partial charge in [0.25, 0.3) is 0 Å². The van der Waals surface area contributed by atoms with E-state index in [1.54, 1.807) is 7.11 Å².